The third kappa shape index (κ3) is 6.91. The Morgan fingerprint density at radius 3 is 1.16 bits per heavy atom. The summed E-state index contributed by atoms with van der Waals surface area (Å²) in [5.41, 5.74) is 0. The van der Waals surface area contributed by atoms with Crippen molar-refractivity contribution in [3.05, 3.63) is 60.7 Å². The highest BCUT2D eigenvalue weighted by molar-refractivity contribution is 7.96. The van der Waals surface area contributed by atoms with Crippen LogP contribution in [-0.2, 0) is 10.9 Å². The summed E-state index contributed by atoms with van der Waals surface area (Å²) in [6.45, 7) is 0. The van der Waals surface area contributed by atoms with E-state index in [1.807, 2.05) is 0 Å². The first-order valence-electron chi connectivity index (χ1n) is 4.64. The first-order valence-corrected chi connectivity index (χ1v) is 6.27. The van der Waals surface area contributed by atoms with Gasteiger partial charge in [-0.25, -0.2) is 0 Å². The van der Waals surface area contributed by atoms with Crippen LogP contribution in [0.2, 0.25) is 0 Å². The van der Waals surface area contributed by atoms with Crippen molar-refractivity contribution in [2.45, 2.75) is 9.79 Å². The van der Waals surface area contributed by atoms with Gasteiger partial charge in [0.25, 0.3) is 0 Å². The number of halogens is 4. The molecule has 0 atom stereocenters. The molecule has 0 aliphatic carbocycles. The number of benzene rings is 2. The van der Waals surface area contributed by atoms with Crippen molar-refractivity contribution in [3.8, 4) is 0 Å². The quantitative estimate of drug-likeness (QED) is 0.428. The van der Waals surface area contributed by atoms with E-state index in [1.54, 1.807) is 0 Å². The maximum Gasteiger partial charge on any atom is 0.160 e. The molecule has 0 amide bonds. The van der Waals surface area contributed by atoms with E-state index in [0.717, 1.165) is 0 Å². The van der Waals surface area contributed by atoms with E-state index in [0.29, 0.717) is 0 Å². The van der Waals surface area contributed by atoms with Crippen molar-refractivity contribution in [1.82, 2.24) is 0 Å². The van der Waals surface area contributed by atoms with E-state index in [2.05, 4.69) is 66.9 Å². The summed E-state index contributed by atoms with van der Waals surface area (Å²) in [5.74, 6) is 0. The van der Waals surface area contributed by atoms with Crippen LogP contribution in [0, 0.1) is 0 Å². The highest BCUT2D eigenvalue weighted by atomic mass is 32.2. The Morgan fingerprint density at radius 2 is 0.895 bits per heavy atom. The molecule has 0 aliphatic rings. The average molecular weight is 291 g/mol. The smallest absolute Gasteiger partial charge is 0.160 e. The minimum Gasteiger partial charge on any atom is -1.00 e. The Bertz CT molecular complexity index is 360. The number of hydrogen-bond donors (Lipinski definition) is 0. The molecule has 0 nitrogen and oxygen atoms in total. The lowest BCUT2D eigenvalue weighted by Gasteiger charge is -2.00. The Balaban J connectivity index is -0.000000225. The van der Waals surface area contributed by atoms with Crippen LogP contribution in [0.5, 0.6) is 0 Å². The molecule has 0 saturated heterocycles. The fraction of sp³-hybridized carbons (Fsp3) is 0.0769. The summed E-state index contributed by atoms with van der Waals surface area (Å²) in [6, 6.07) is 21.3. The van der Waals surface area contributed by atoms with Crippen molar-refractivity contribution < 1.29 is 18.8 Å². The maximum atomic E-state index is 2.27. The van der Waals surface area contributed by atoms with Gasteiger partial charge in [-0.15, -0.1) is 0 Å². The Hall–Kier alpha value is -1.43. The molecule has 0 saturated carbocycles. The SMILES string of the molecule is C[S+](c1ccccc1)c1ccccc1.F.F.F.[B].[F-]. The Kier molecular flexibility index (Phi) is 18.0. The number of hydrogen-bond acceptors (Lipinski definition) is 0. The lowest BCUT2D eigenvalue weighted by Crippen LogP contribution is -3.00. The zero-order valence-electron chi connectivity index (χ0n) is 10.4. The summed E-state index contributed by atoms with van der Waals surface area (Å²) in [4.78, 5) is 2.80. The van der Waals surface area contributed by atoms with E-state index < -0.39 is 0 Å². The lowest BCUT2D eigenvalue weighted by atomic mass is 10.4. The van der Waals surface area contributed by atoms with E-state index in [9.17, 15) is 0 Å². The molecule has 105 valence electrons. The van der Waals surface area contributed by atoms with Gasteiger partial charge < -0.3 is 4.70 Å². The molecule has 0 unspecified atom stereocenters. The molecule has 2 aromatic carbocycles. The first-order chi connectivity index (χ1) is 6.88. The van der Waals surface area contributed by atoms with Gasteiger partial charge >= 0.3 is 0 Å². The molecule has 2 rings (SSSR count). The van der Waals surface area contributed by atoms with E-state index in [4.69, 9.17) is 0 Å². The number of rotatable bonds is 2. The van der Waals surface area contributed by atoms with Gasteiger partial charge in [0.2, 0.25) is 0 Å². The zero-order chi connectivity index (χ0) is 9.80. The van der Waals surface area contributed by atoms with Crippen molar-refractivity contribution in [2.24, 2.45) is 0 Å². The molecule has 0 aliphatic heterocycles. The summed E-state index contributed by atoms with van der Waals surface area (Å²) in [6.07, 6.45) is 2.27. The summed E-state index contributed by atoms with van der Waals surface area (Å²) >= 11 is 0. The third-order valence-corrected chi connectivity index (χ3v) is 4.15. The largest absolute Gasteiger partial charge is 1.00 e. The van der Waals surface area contributed by atoms with Crippen LogP contribution < -0.4 is 4.70 Å². The van der Waals surface area contributed by atoms with Crippen molar-refractivity contribution >= 4 is 19.3 Å². The molecule has 0 fully saturated rings. The second-order valence-corrected chi connectivity index (χ2v) is 5.10. The third-order valence-electron chi connectivity index (χ3n) is 2.19. The maximum absolute atomic E-state index is 2.27. The summed E-state index contributed by atoms with van der Waals surface area (Å²) in [5, 5.41) is 0. The van der Waals surface area contributed by atoms with Crippen LogP contribution in [0.15, 0.2) is 70.5 Å². The fourth-order valence-electron chi connectivity index (χ4n) is 1.39. The average Bonchev–Trinajstić information content (AvgIpc) is 2.30. The molecule has 3 radical (unpaired) electrons. The van der Waals surface area contributed by atoms with Crippen molar-refractivity contribution in [1.29, 1.82) is 0 Å². The first kappa shape index (κ1) is 26.2. The molecule has 0 bridgehead atoms. The molecule has 0 aromatic heterocycles. The van der Waals surface area contributed by atoms with Crippen LogP contribution in [0.1, 0.15) is 0 Å². The topological polar surface area (TPSA) is 0 Å². The molecule has 0 heterocycles. The highest BCUT2D eigenvalue weighted by Gasteiger charge is 2.17. The van der Waals surface area contributed by atoms with Crippen molar-refractivity contribution in [3.63, 3.8) is 0 Å². The summed E-state index contributed by atoms with van der Waals surface area (Å²) < 4.78 is 0. The minimum atomic E-state index is 0. The van der Waals surface area contributed by atoms with Gasteiger partial charge in [-0.05, 0) is 24.3 Å². The molecule has 2 aromatic rings. The van der Waals surface area contributed by atoms with Gasteiger partial charge in [0, 0.05) is 8.41 Å². The standard InChI is InChI=1S/C13H13S.B.4FH/c1-14(12-8-4-2-5-9-12)13-10-6-3-7-11-13;;;;;/h2-11H,1H3;;4*1H/q+1;;;;;/p-1. The van der Waals surface area contributed by atoms with Gasteiger partial charge in [-0.1, -0.05) is 36.4 Å². The lowest BCUT2D eigenvalue weighted by molar-refractivity contribution is -0.00000570. The molecule has 19 heavy (non-hydrogen) atoms. The Labute approximate surface area is 115 Å². The van der Waals surface area contributed by atoms with Crippen LogP contribution in [-0.4, -0.2) is 14.7 Å². The van der Waals surface area contributed by atoms with Crippen LogP contribution >= 0.6 is 0 Å². The molecular weight excluding hydrogens is 275 g/mol. The van der Waals surface area contributed by atoms with Crippen LogP contribution in [0.4, 0.5) is 14.1 Å². The van der Waals surface area contributed by atoms with E-state index in [-0.39, 0.29) is 38.1 Å². The van der Waals surface area contributed by atoms with Gasteiger partial charge in [0.15, 0.2) is 9.79 Å². The fourth-order valence-corrected chi connectivity index (χ4v) is 2.79. The van der Waals surface area contributed by atoms with Crippen molar-refractivity contribution in [2.75, 3.05) is 6.26 Å². The van der Waals surface area contributed by atoms with Gasteiger partial charge in [0.05, 0.1) is 10.9 Å². The minimum absolute atomic E-state index is 0. The highest BCUT2D eigenvalue weighted by Crippen LogP contribution is 2.19. The van der Waals surface area contributed by atoms with Crippen LogP contribution in [0.25, 0.3) is 0 Å². The van der Waals surface area contributed by atoms with Gasteiger partial charge in [0.1, 0.15) is 6.26 Å². The molecular formula is C13H16BF4S. The summed E-state index contributed by atoms with van der Waals surface area (Å²) in [7, 11) is 0.203. The van der Waals surface area contributed by atoms with Crippen LogP contribution in [0.3, 0.4) is 0 Å². The predicted molar refractivity (Wildman–Crippen MR) is 76.0 cm³/mol. The zero-order valence-corrected chi connectivity index (χ0v) is 11.2. The molecule has 0 spiro atoms. The van der Waals surface area contributed by atoms with Gasteiger partial charge in [-0.3, -0.25) is 14.1 Å². The van der Waals surface area contributed by atoms with E-state index in [1.165, 1.54) is 9.79 Å². The second kappa shape index (κ2) is 13.0. The van der Waals surface area contributed by atoms with E-state index >= 15 is 0 Å². The monoisotopic (exact) mass is 291 g/mol. The normalized spacial score (nSPS) is 7.68. The molecule has 0 N–H and O–H groups in total. The predicted octanol–water partition coefficient (Wildman–Crippen LogP) is 0.433. The van der Waals surface area contributed by atoms with Gasteiger partial charge in [-0.2, -0.15) is 0 Å². The second-order valence-electron chi connectivity index (χ2n) is 3.14. The Morgan fingerprint density at radius 1 is 0.632 bits per heavy atom. The molecule has 6 heteroatoms.